The van der Waals surface area contributed by atoms with Crippen molar-refractivity contribution in [3.05, 3.63) is 0 Å². The zero-order valence-corrected chi connectivity index (χ0v) is 22.7. The summed E-state index contributed by atoms with van der Waals surface area (Å²) < 4.78 is 40.9. The molecule has 2 heterocycles. The standard InChI is InChI=1S/C25H48O11/c1-8-14(9-2)33-20-16(13-30-5)35-24(22(32-7)18(20)28)36-19-15(12-26)34-23(21(31-6)17(19)27)25(29,10-3)11-4/h14-24,26-29H,8-13H2,1-7H3/t15-,16?,17?,18?,19?,20?,21?,22?,23+,24?/m0/s1. The minimum atomic E-state index is -1.27. The molecule has 2 rings (SSSR count). The van der Waals surface area contributed by atoms with E-state index < -0.39 is 73.4 Å². The van der Waals surface area contributed by atoms with Gasteiger partial charge >= 0.3 is 0 Å². The topological polar surface area (TPSA) is 146 Å². The van der Waals surface area contributed by atoms with Gasteiger partial charge in [0, 0.05) is 21.3 Å². The monoisotopic (exact) mass is 524 g/mol. The molecular formula is C25H48O11. The number of hydrogen-bond acceptors (Lipinski definition) is 11. The molecule has 0 radical (unpaired) electrons. The van der Waals surface area contributed by atoms with E-state index in [4.69, 9.17) is 33.2 Å². The summed E-state index contributed by atoms with van der Waals surface area (Å²) in [5.41, 5.74) is -1.27. The third-order valence-corrected chi connectivity index (χ3v) is 7.64. The smallest absolute Gasteiger partial charge is 0.187 e. The van der Waals surface area contributed by atoms with Gasteiger partial charge in [0.2, 0.25) is 0 Å². The van der Waals surface area contributed by atoms with E-state index >= 15 is 0 Å². The van der Waals surface area contributed by atoms with E-state index in [-0.39, 0.29) is 12.7 Å². The van der Waals surface area contributed by atoms with Crippen molar-refractivity contribution in [1.82, 2.24) is 0 Å². The van der Waals surface area contributed by atoms with Gasteiger partial charge in [-0.15, -0.1) is 0 Å². The number of aliphatic hydroxyl groups is 4. The second-order valence-electron chi connectivity index (χ2n) is 9.61. The summed E-state index contributed by atoms with van der Waals surface area (Å²) in [5.74, 6) is 0. The molecule has 10 atom stereocenters. The van der Waals surface area contributed by atoms with Gasteiger partial charge in [-0.1, -0.05) is 27.7 Å². The number of rotatable bonds is 14. The van der Waals surface area contributed by atoms with E-state index in [1.54, 1.807) is 0 Å². The highest BCUT2D eigenvalue weighted by Gasteiger charge is 2.55. The lowest BCUT2D eigenvalue weighted by Gasteiger charge is -2.51. The largest absolute Gasteiger partial charge is 0.394 e. The summed E-state index contributed by atoms with van der Waals surface area (Å²) in [5, 5.41) is 43.7. The van der Waals surface area contributed by atoms with E-state index in [2.05, 4.69) is 0 Å². The molecule has 2 aliphatic heterocycles. The zero-order valence-electron chi connectivity index (χ0n) is 22.7. The predicted molar refractivity (Wildman–Crippen MR) is 130 cm³/mol. The van der Waals surface area contributed by atoms with Crippen LogP contribution in [-0.2, 0) is 33.2 Å². The Morgan fingerprint density at radius 2 is 1.39 bits per heavy atom. The summed E-state index contributed by atoms with van der Waals surface area (Å²) in [6.45, 7) is 7.30. The SMILES string of the molecule is CCC(CC)OC1C(COC)OC(OC2C(O)C(OC)[C@H](C(O)(CC)CC)O[C@H]2CO)C(OC)C1O. The Balaban J connectivity index is 2.30. The molecule has 0 aliphatic carbocycles. The Morgan fingerprint density at radius 3 is 1.86 bits per heavy atom. The summed E-state index contributed by atoms with van der Waals surface area (Å²) in [6.07, 6.45) is -7.58. The molecule has 0 amide bonds. The van der Waals surface area contributed by atoms with Crippen molar-refractivity contribution in [3.8, 4) is 0 Å². The van der Waals surface area contributed by atoms with Crippen molar-refractivity contribution in [2.75, 3.05) is 34.5 Å². The molecule has 214 valence electrons. The van der Waals surface area contributed by atoms with Crippen LogP contribution in [0.25, 0.3) is 0 Å². The maximum Gasteiger partial charge on any atom is 0.187 e. The molecule has 0 spiro atoms. The van der Waals surface area contributed by atoms with E-state index in [0.717, 1.165) is 12.8 Å². The van der Waals surface area contributed by atoms with Gasteiger partial charge in [-0.25, -0.2) is 0 Å². The Labute approximate surface area is 214 Å². The first kappa shape index (κ1) is 31.8. The number of methoxy groups -OCH3 is 3. The molecule has 0 aromatic heterocycles. The van der Waals surface area contributed by atoms with Crippen LogP contribution >= 0.6 is 0 Å². The summed E-state index contributed by atoms with van der Waals surface area (Å²) >= 11 is 0. The molecule has 11 nitrogen and oxygen atoms in total. The summed E-state index contributed by atoms with van der Waals surface area (Å²) in [7, 11) is 4.36. The maximum absolute atomic E-state index is 11.3. The number of aliphatic hydroxyl groups excluding tert-OH is 3. The van der Waals surface area contributed by atoms with Gasteiger partial charge in [0.25, 0.3) is 0 Å². The molecule has 0 aromatic carbocycles. The third kappa shape index (κ3) is 6.76. The Hall–Kier alpha value is -0.440. The Morgan fingerprint density at radius 1 is 0.806 bits per heavy atom. The van der Waals surface area contributed by atoms with Gasteiger partial charge in [-0.2, -0.15) is 0 Å². The van der Waals surface area contributed by atoms with E-state index in [9.17, 15) is 20.4 Å². The van der Waals surface area contributed by atoms with Crippen LogP contribution in [0.2, 0.25) is 0 Å². The van der Waals surface area contributed by atoms with Crippen molar-refractivity contribution < 1.29 is 53.6 Å². The fraction of sp³-hybridized carbons (Fsp3) is 1.00. The van der Waals surface area contributed by atoms with Crippen LogP contribution in [0.5, 0.6) is 0 Å². The zero-order chi connectivity index (χ0) is 27.0. The van der Waals surface area contributed by atoms with Crippen molar-refractivity contribution in [3.63, 3.8) is 0 Å². The lowest BCUT2D eigenvalue weighted by molar-refractivity contribution is -0.358. The van der Waals surface area contributed by atoms with Gasteiger partial charge in [0.15, 0.2) is 6.29 Å². The molecule has 8 unspecified atom stereocenters. The first-order valence-electron chi connectivity index (χ1n) is 13.1. The molecule has 2 saturated heterocycles. The Bertz CT molecular complexity index is 613. The van der Waals surface area contributed by atoms with Gasteiger partial charge < -0.3 is 53.6 Å². The highest BCUT2D eigenvalue weighted by Crippen LogP contribution is 2.37. The predicted octanol–water partition coefficient (Wildman–Crippen LogP) is 0.379. The van der Waals surface area contributed by atoms with Gasteiger partial charge in [-0.3, -0.25) is 0 Å². The molecule has 36 heavy (non-hydrogen) atoms. The average Bonchev–Trinajstić information content (AvgIpc) is 2.89. The molecule has 2 fully saturated rings. The maximum atomic E-state index is 11.3. The van der Waals surface area contributed by atoms with Crippen LogP contribution < -0.4 is 0 Å². The van der Waals surface area contributed by atoms with Crippen LogP contribution in [0.4, 0.5) is 0 Å². The molecule has 0 saturated carbocycles. The van der Waals surface area contributed by atoms with Crippen LogP contribution in [0.3, 0.4) is 0 Å². The number of hydrogen-bond donors (Lipinski definition) is 4. The second kappa shape index (κ2) is 14.6. The van der Waals surface area contributed by atoms with Crippen LogP contribution in [0.15, 0.2) is 0 Å². The van der Waals surface area contributed by atoms with Crippen molar-refractivity contribution in [1.29, 1.82) is 0 Å². The van der Waals surface area contributed by atoms with Gasteiger partial charge in [-0.05, 0) is 25.7 Å². The number of ether oxygens (including phenoxy) is 7. The molecule has 11 heteroatoms. The van der Waals surface area contributed by atoms with Crippen molar-refractivity contribution >= 4 is 0 Å². The first-order chi connectivity index (χ1) is 17.2. The van der Waals surface area contributed by atoms with Crippen LogP contribution in [-0.4, -0.2) is 128 Å². The lowest BCUT2D eigenvalue weighted by atomic mass is 9.81. The molecule has 0 aromatic rings. The van der Waals surface area contributed by atoms with Crippen molar-refractivity contribution in [2.24, 2.45) is 0 Å². The first-order valence-corrected chi connectivity index (χ1v) is 13.1. The molecular weight excluding hydrogens is 476 g/mol. The highest BCUT2D eigenvalue weighted by molar-refractivity contribution is 5.02. The van der Waals surface area contributed by atoms with E-state index in [1.165, 1.54) is 21.3 Å². The minimum absolute atomic E-state index is 0.0785. The van der Waals surface area contributed by atoms with Crippen LogP contribution in [0, 0.1) is 0 Å². The average molecular weight is 525 g/mol. The molecule has 4 N–H and O–H groups in total. The van der Waals surface area contributed by atoms with E-state index in [1.807, 2.05) is 27.7 Å². The van der Waals surface area contributed by atoms with Gasteiger partial charge in [0.1, 0.15) is 54.9 Å². The molecule has 2 aliphatic rings. The quantitative estimate of drug-likeness (QED) is 0.250. The second-order valence-corrected chi connectivity index (χ2v) is 9.61. The third-order valence-electron chi connectivity index (χ3n) is 7.64. The van der Waals surface area contributed by atoms with E-state index in [0.29, 0.717) is 12.8 Å². The molecule has 0 bridgehead atoms. The summed E-state index contributed by atoms with van der Waals surface area (Å²) in [4.78, 5) is 0. The van der Waals surface area contributed by atoms with Crippen molar-refractivity contribution in [2.45, 2.75) is 126 Å². The lowest BCUT2D eigenvalue weighted by Crippen LogP contribution is -2.68. The minimum Gasteiger partial charge on any atom is -0.394 e. The highest BCUT2D eigenvalue weighted by atomic mass is 16.7. The fourth-order valence-corrected chi connectivity index (χ4v) is 5.17. The summed E-state index contributed by atoms with van der Waals surface area (Å²) in [6, 6.07) is 0. The van der Waals surface area contributed by atoms with Crippen LogP contribution in [0.1, 0.15) is 53.4 Å². The normalized spacial score (nSPS) is 38.0. The fourth-order valence-electron chi connectivity index (χ4n) is 5.17. The van der Waals surface area contributed by atoms with Gasteiger partial charge in [0.05, 0.1) is 24.9 Å². The Kier molecular flexibility index (Phi) is 12.9.